The molecule has 0 aliphatic rings. The normalized spacial score (nSPS) is 11.0. The van der Waals surface area contributed by atoms with Crippen LogP contribution in [0.1, 0.15) is 19.4 Å². The molecule has 0 amide bonds. The quantitative estimate of drug-likeness (QED) is 0.787. The summed E-state index contributed by atoms with van der Waals surface area (Å²) >= 11 is 0. The summed E-state index contributed by atoms with van der Waals surface area (Å²) in [5.74, 6) is 1.28. The third kappa shape index (κ3) is 3.05. The number of aromatic nitrogens is 4. The van der Waals surface area contributed by atoms with Crippen molar-refractivity contribution < 1.29 is 9.47 Å². The molecule has 0 fully saturated rings. The number of methoxy groups -OCH3 is 1. The minimum Gasteiger partial charge on any atom is -0.496 e. The molecule has 3 rings (SSSR count). The Hall–Kier alpha value is -2.96. The molecule has 0 radical (unpaired) electrons. The highest BCUT2D eigenvalue weighted by atomic mass is 16.5. The maximum atomic E-state index is 5.72. The van der Waals surface area contributed by atoms with Crippen molar-refractivity contribution >= 4 is 17.1 Å². The van der Waals surface area contributed by atoms with Gasteiger partial charge in [0.2, 0.25) is 11.8 Å². The number of nitrogens with two attached hydrogens (primary N) is 1. The van der Waals surface area contributed by atoms with Gasteiger partial charge in [-0.05, 0) is 44.5 Å². The van der Waals surface area contributed by atoms with Crippen molar-refractivity contribution in [3.8, 4) is 22.9 Å². The SMILES string of the molecule is COc1ccc(-c2cnc3nc(N)nc(OC(C)C)c3n2)cc1C. The highest BCUT2D eigenvalue weighted by Crippen LogP contribution is 2.27. The van der Waals surface area contributed by atoms with Crippen molar-refractivity contribution in [2.45, 2.75) is 26.9 Å². The van der Waals surface area contributed by atoms with E-state index in [1.165, 1.54) is 0 Å². The van der Waals surface area contributed by atoms with Gasteiger partial charge in [0.15, 0.2) is 11.2 Å². The van der Waals surface area contributed by atoms with Crippen LogP contribution in [0.2, 0.25) is 0 Å². The van der Waals surface area contributed by atoms with E-state index in [4.69, 9.17) is 15.2 Å². The Morgan fingerprint density at radius 1 is 1.12 bits per heavy atom. The first-order chi connectivity index (χ1) is 11.5. The molecule has 0 unspecified atom stereocenters. The lowest BCUT2D eigenvalue weighted by molar-refractivity contribution is 0.235. The molecule has 0 saturated carbocycles. The molecule has 0 bridgehead atoms. The van der Waals surface area contributed by atoms with Gasteiger partial charge in [-0.3, -0.25) is 0 Å². The number of nitrogens with zero attached hydrogens (tertiary/aromatic N) is 4. The Balaban J connectivity index is 2.13. The zero-order valence-corrected chi connectivity index (χ0v) is 14.1. The molecule has 0 aliphatic carbocycles. The molecular weight excluding hydrogens is 306 g/mol. The number of benzene rings is 1. The van der Waals surface area contributed by atoms with Crippen LogP contribution in [-0.4, -0.2) is 33.1 Å². The summed E-state index contributed by atoms with van der Waals surface area (Å²) in [7, 11) is 1.65. The van der Waals surface area contributed by atoms with Gasteiger partial charge in [-0.15, -0.1) is 0 Å². The summed E-state index contributed by atoms with van der Waals surface area (Å²) in [6.45, 7) is 5.80. The lowest BCUT2D eigenvalue weighted by Crippen LogP contribution is -2.10. The molecule has 24 heavy (non-hydrogen) atoms. The second kappa shape index (κ2) is 6.27. The molecule has 7 nitrogen and oxygen atoms in total. The Labute approximate surface area is 139 Å². The van der Waals surface area contributed by atoms with Gasteiger partial charge in [0, 0.05) is 5.56 Å². The molecule has 1 aromatic carbocycles. The highest BCUT2D eigenvalue weighted by molar-refractivity contribution is 5.79. The van der Waals surface area contributed by atoms with Crippen molar-refractivity contribution in [3.63, 3.8) is 0 Å². The minimum absolute atomic E-state index is 0.0591. The first-order valence-corrected chi connectivity index (χ1v) is 7.60. The standard InChI is InChI=1S/C17H19N5O2/c1-9(2)24-16-14-15(21-17(18)22-16)19-8-12(20-14)11-5-6-13(23-4)10(3)7-11/h5-9H,1-4H3,(H2,18,19,21,22). The average molecular weight is 325 g/mol. The van der Waals surface area contributed by atoms with Crippen LogP contribution in [0, 0.1) is 6.92 Å². The Morgan fingerprint density at radius 2 is 1.92 bits per heavy atom. The third-order valence-corrected chi connectivity index (χ3v) is 3.43. The lowest BCUT2D eigenvalue weighted by atomic mass is 10.1. The first kappa shape index (κ1) is 15.9. The fraction of sp³-hybridized carbons (Fsp3) is 0.294. The fourth-order valence-corrected chi connectivity index (χ4v) is 2.38. The van der Waals surface area contributed by atoms with Crippen LogP contribution in [0.5, 0.6) is 11.6 Å². The minimum atomic E-state index is -0.0591. The number of fused-ring (bicyclic) bond motifs is 1. The van der Waals surface area contributed by atoms with Crippen LogP contribution in [-0.2, 0) is 0 Å². The summed E-state index contributed by atoms with van der Waals surface area (Å²) in [5, 5.41) is 0. The maximum absolute atomic E-state index is 5.72. The number of rotatable bonds is 4. The van der Waals surface area contributed by atoms with E-state index in [0.29, 0.717) is 22.7 Å². The number of ether oxygens (including phenoxy) is 2. The van der Waals surface area contributed by atoms with E-state index in [1.54, 1.807) is 13.3 Å². The topological polar surface area (TPSA) is 96.0 Å². The van der Waals surface area contributed by atoms with Gasteiger partial charge in [-0.2, -0.15) is 9.97 Å². The molecule has 2 aromatic heterocycles. The van der Waals surface area contributed by atoms with Gasteiger partial charge in [0.1, 0.15) is 5.75 Å². The van der Waals surface area contributed by atoms with Crippen LogP contribution in [0.15, 0.2) is 24.4 Å². The summed E-state index contributed by atoms with van der Waals surface area (Å²) in [5.41, 5.74) is 9.26. The molecule has 0 aliphatic heterocycles. The predicted molar refractivity (Wildman–Crippen MR) is 92.0 cm³/mol. The second-order valence-electron chi connectivity index (χ2n) is 5.67. The molecule has 2 heterocycles. The molecule has 7 heteroatoms. The van der Waals surface area contributed by atoms with Crippen LogP contribution in [0.4, 0.5) is 5.95 Å². The molecule has 0 atom stereocenters. The lowest BCUT2D eigenvalue weighted by Gasteiger charge is -2.11. The Morgan fingerprint density at radius 3 is 2.58 bits per heavy atom. The van der Waals surface area contributed by atoms with Crippen LogP contribution >= 0.6 is 0 Å². The van der Waals surface area contributed by atoms with E-state index in [9.17, 15) is 0 Å². The van der Waals surface area contributed by atoms with E-state index in [1.807, 2.05) is 39.0 Å². The molecule has 0 spiro atoms. The van der Waals surface area contributed by atoms with E-state index in [-0.39, 0.29) is 12.1 Å². The van der Waals surface area contributed by atoms with Crippen molar-refractivity contribution in [3.05, 3.63) is 30.0 Å². The zero-order chi connectivity index (χ0) is 17.3. The number of hydrogen-bond acceptors (Lipinski definition) is 7. The van der Waals surface area contributed by atoms with Crippen molar-refractivity contribution in [1.82, 2.24) is 19.9 Å². The third-order valence-electron chi connectivity index (χ3n) is 3.43. The van der Waals surface area contributed by atoms with Gasteiger partial charge in [0.25, 0.3) is 0 Å². The van der Waals surface area contributed by atoms with Crippen LogP contribution in [0.3, 0.4) is 0 Å². The molecular formula is C17H19N5O2. The fourth-order valence-electron chi connectivity index (χ4n) is 2.38. The number of anilines is 1. The van der Waals surface area contributed by atoms with Gasteiger partial charge in [-0.1, -0.05) is 0 Å². The summed E-state index contributed by atoms with van der Waals surface area (Å²) in [6.07, 6.45) is 1.60. The molecule has 124 valence electrons. The largest absolute Gasteiger partial charge is 0.496 e. The monoisotopic (exact) mass is 325 g/mol. The van der Waals surface area contributed by atoms with Gasteiger partial charge in [0.05, 0.1) is 25.1 Å². The Kier molecular flexibility index (Phi) is 4.16. The number of hydrogen-bond donors (Lipinski definition) is 1. The van der Waals surface area contributed by atoms with Crippen LogP contribution < -0.4 is 15.2 Å². The van der Waals surface area contributed by atoms with E-state index < -0.39 is 0 Å². The summed E-state index contributed by atoms with van der Waals surface area (Å²) in [6, 6.07) is 5.83. The first-order valence-electron chi connectivity index (χ1n) is 7.60. The van der Waals surface area contributed by atoms with E-state index >= 15 is 0 Å². The predicted octanol–water partition coefficient (Wildman–Crippen LogP) is 2.77. The smallest absolute Gasteiger partial charge is 0.247 e. The number of aryl methyl sites for hydroxylation is 1. The highest BCUT2D eigenvalue weighted by Gasteiger charge is 2.14. The van der Waals surface area contributed by atoms with Crippen molar-refractivity contribution in [2.75, 3.05) is 12.8 Å². The Bertz CT molecular complexity index is 896. The summed E-state index contributed by atoms with van der Waals surface area (Å²) < 4.78 is 11.0. The summed E-state index contributed by atoms with van der Waals surface area (Å²) in [4.78, 5) is 17.2. The van der Waals surface area contributed by atoms with Gasteiger partial charge < -0.3 is 15.2 Å². The van der Waals surface area contributed by atoms with E-state index in [2.05, 4.69) is 19.9 Å². The number of nitrogen functional groups attached to an aromatic ring is 1. The second-order valence-corrected chi connectivity index (χ2v) is 5.67. The zero-order valence-electron chi connectivity index (χ0n) is 14.1. The maximum Gasteiger partial charge on any atom is 0.247 e. The van der Waals surface area contributed by atoms with E-state index in [0.717, 1.165) is 16.9 Å². The average Bonchev–Trinajstić information content (AvgIpc) is 2.53. The van der Waals surface area contributed by atoms with Crippen LogP contribution in [0.25, 0.3) is 22.4 Å². The molecule has 2 N–H and O–H groups in total. The van der Waals surface area contributed by atoms with Crippen molar-refractivity contribution in [1.29, 1.82) is 0 Å². The van der Waals surface area contributed by atoms with Crippen molar-refractivity contribution in [2.24, 2.45) is 0 Å². The molecule has 3 aromatic rings. The van der Waals surface area contributed by atoms with Gasteiger partial charge >= 0.3 is 0 Å². The molecule has 0 saturated heterocycles. The van der Waals surface area contributed by atoms with Gasteiger partial charge in [-0.25, -0.2) is 9.97 Å².